The number of carboxylic acid groups (broad SMARTS) is 1. The van der Waals surface area contributed by atoms with E-state index in [1.165, 1.54) is 18.2 Å². The third kappa shape index (κ3) is 3.72. The number of carbonyl (C=O) groups excluding carboxylic acids is 1. The molecule has 108 valence electrons. The first-order valence-electron chi connectivity index (χ1n) is 6.28. The zero-order valence-corrected chi connectivity index (χ0v) is 11.0. The molecular formula is C16H12F2O3. The van der Waals surface area contributed by atoms with Crippen LogP contribution in [0.15, 0.2) is 42.5 Å². The molecule has 0 amide bonds. The molecule has 0 fully saturated rings. The van der Waals surface area contributed by atoms with Crippen LogP contribution >= 0.6 is 0 Å². The van der Waals surface area contributed by atoms with Crippen molar-refractivity contribution in [3.05, 3.63) is 59.7 Å². The Morgan fingerprint density at radius 2 is 1.62 bits per heavy atom. The third-order valence-electron chi connectivity index (χ3n) is 3.01. The van der Waals surface area contributed by atoms with Crippen molar-refractivity contribution < 1.29 is 23.5 Å². The Hall–Kier alpha value is -2.56. The Kier molecular flexibility index (Phi) is 4.42. The summed E-state index contributed by atoms with van der Waals surface area (Å²) in [6, 6.07) is 9.37. The van der Waals surface area contributed by atoms with Gasteiger partial charge in [-0.1, -0.05) is 24.3 Å². The van der Waals surface area contributed by atoms with Crippen LogP contribution in [-0.2, 0) is 4.79 Å². The van der Waals surface area contributed by atoms with Gasteiger partial charge in [0.25, 0.3) is 0 Å². The predicted octanol–water partition coefficient (Wildman–Crippen LogP) is 3.68. The van der Waals surface area contributed by atoms with Gasteiger partial charge in [-0.25, -0.2) is 8.78 Å². The number of hydrogen-bond donors (Lipinski definition) is 1. The van der Waals surface area contributed by atoms with E-state index in [-0.39, 0.29) is 24.2 Å². The lowest BCUT2D eigenvalue weighted by Crippen LogP contribution is -2.03. The number of rotatable bonds is 5. The average Bonchev–Trinajstić information content (AvgIpc) is 2.45. The van der Waals surface area contributed by atoms with Crippen LogP contribution in [0, 0.1) is 11.6 Å². The van der Waals surface area contributed by atoms with Crippen molar-refractivity contribution in [3.63, 3.8) is 0 Å². The second-order valence-electron chi connectivity index (χ2n) is 4.52. The van der Waals surface area contributed by atoms with Gasteiger partial charge in [0.1, 0.15) is 11.6 Å². The molecule has 0 unspecified atom stereocenters. The van der Waals surface area contributed by atoms with E-state index in [0.29, 0.717) is 11.1 Å². The van der Waals surface area contributed by atoms with E-state index in [9.17, 15) is 18.4 Å². The Balaban J connectivity index is 2.18. The monoisotopic (exact) mass is 290 g/mol. The molecule has 2 aromatic carbocycles. The summed E-state index contributed by atoms with van der Waals surface area (Å²) in [5, 5.41) is 8.53. The van der Waals surface area contributed by atoms with Gasteiger partial charge >= 0.3 is 5.97 Å². The zero-order chi connectivity index (χ0) is 15.4. The van der Waals surface area contributed by atoms with Crippen molar-refractivity contribution in [2.75, 3.05) is 0 Å². The number of carbonyl (C=O) groups is 2. The first kappa shape index (κ1) is 14.8. The minimum Gasteiger partial charge on any atom is -0.481 e. The van der Waals surface area contributed by atoms with Gasteiger partial charge in [0.05, 0.1) is 6.42 Å². The number of Topliss-reactive ketones (excluding diaryl/α,β-unsaturated/α-hetero) is 1. The molecule has 0 heterocycles. The maximum atomic E-state index is 13.6. The second kappa shape index (κ2) is 6.26. The van der Waals surface area contributed by atoms with Crippen molar-refractivity contribution >= 4 is 11.8 Å². The zero-order valence-electron chi connectivity index (χ0n) is 11.0. The number of aliphatic carboxylic acids is 1. The molecule has 3 nitrogen and oxygen atoms in total. The number of halogens is 2. The maximum absolute atomic E-state index is 13.6. The van der Waals surface area contributed by atoms with Crippen LogP contribution in [0.1, 0.15) is 23.2 Å². The minimum absolute atomic E-state index is 0.0837. The highest BCUT2D eigenvalue weighted by Crippen LogP contribution is 2.24. The van der Waals surface area contributed by atoms with Crippen LogP contribution in [0.4, 0.5) is 8.78 Å². The van der Waals surface area contributed by atoms with Gasteiger partial charge in [0.15, 0.2) is 5.78 Å². The normalized spacial score (nSPS) is 10.4. The van der Waals surface area contributed by atoms with Gasteiger partial charge in [-0.15, -0.1) is 0 Å². The smallest absolute Gasteiger partial charge is 0.303 e. The SMILES string of the molecule is O=C(O)CCC(=O)c1ccc(-c2ccc(F)cc2F)cc1. The fourth-order valence-electron chi connectivity index (χ4n) is 1.92. The van der Waals surface area contributed by atoms with Crippen LogP contribution in [0.3, 0.4) is 0 Å². The largest absolute Gasteiger partial charge is 0.481 e. The molecule has 5 heteroatoms. The van der Waals surface area contributed by atoms with Crippen molar-refractivity contribution in [2.24, 2.45) is 0 Å². The summed E-state index contributed by atoms with van der Waals surface area (Å²) >= 11 is 0. The molecule has 2 aromatic rings. The van der Waals surface area contributed by atoms with E-state index in [4.69, 9.17) is 5.11 Å². The fraction of sp³-hybridized carbons (Fsp3) is 0.125. The van der Waals surface area contributed by atoms with Gasteiger partial charge in [-0.3, -0.25) is 9.59 Å². The van der Waals surface area contributed by atoms with Crippen LogP contribution in [0.2, 0.25) is 0 Å². The van der Waals surface area contributed by atoms with E-state index < -0.39 is 17.6 Å². The highest BCUT2D eigenvalue weighted by Gasteiger charge is 2.10. The highest BCUT2D eigenvalue weighted by molar-refractivity contribution is 5.97. The van der Waals surface area contributed by atoms with E-state index >= 15 is 0 Å². The summed E-state index contributed by atoms with van der Waals surface area (Å²) < 4.78 is 26.5. The van der Waals surface area contributed by atoms with Crippen LogP contribution < -0.4 is 0 Å². The van der Waals surface area contributed by atoms with Crippen molar-refractivity contribution in [1.29, 1.82) is 0 Å². The van der Waals surface area contributed by atoms with Gasteiger partial charge in [-0.2, -0.15) is 0 Å². The van der Waals surface area contributed by atoms with E-state index in [1.807, 2.05) is 0 Å². The minimum atomic E-state index is -1.03. The standard InChI is InChI=1S/C16H12F2O3/c17-12-5-6-13(14(18)9-12)10-1-3-11(4-2-10)15(19)7-8-16(20)21/h1-6,9H,7-8H2,(H,20,21). The molecule has 0 aliphatic rings. The molecule has 0 aliphatic carbocycles. The van der Waals surface area contributed by atoms with Gasteiger partial charge in [-0.05, 0) is 17.7 Å². The van der Waals surface area contributed by atoms with Crippen molar-refractivity contribution in [3.8, 4) is 11.1 Å². The lowest BCUT2D eigenvalue weighted by atomic mass is 10.0. The van der Waals surface area contributed by atoms with Crippen molar-refractivity contribution in [2.45, 2.75) is 12.8 Å². The van der Waals surface area contributed by atoms with Crippen molar-refractivity contribution in [1.82, 2.24) is 0 Å². The molecule has 0 aliphatic heterocycles. The summed E-state index contributed by atoms with van der Waals surface area (Å²) in [7, 11) is 0. The van der Waals surface area contributed by atoms with E-state index in [1.54, 1.807) is 12.1 Å². The number of ketones is 1. The Bertz CT molecular complexity index is 678. The maximum Gasteiger partial charge on any atom is 0.303 e. The molecule has 2 rings (SSSR count). The summed E-state index contributed by atoms with van der Waals surface area (Å²) in [5.74, 6) is -2.66. The molecule has 0 aromatic heterocycles. The quantitative estimate of drug-likeness (QED) is 0.855. The molecule has 1 N–H and O–H groups in total. The number of hydrogen-bond acceptors (Lipinski definition) is 2. The van der Waals surface area contributed by atoms with E-state index in [2.05, 4.69) is 0 Å². The lowest BCUT2D eigenvalue weighted by molar-refractivity contribution is -0.136. The van der Waals surface area contributed by atoms with E-state index in [0.717, 1.165) is 12.1 Å². The average molecular weight is 290 g/mol. The highest BCUT2D eigenvalue weighted by atomic mass is 19.1. The summed E-state index contributed by atoms with van der Waals surface area (Å²) in [5.41, 5.74) is 1.12. The van der Waals surface area contributed by atoms with Crippen LogP contribution in [-0.4, -0.2) is 16.9 Å². The molecule has 0 atom stereocenters. The molecular weight excluding hydrogens is 278 g/mol. The second-order valence-corrected chi connectivity index (χ2v) is 4.52. The van der Waals surface area contributed by atoms with Gasteiger partial charge in [0, 0.05) is 23.6 Å². The van der Waals surface area contributed by atoms with Crippen LogP contribution in [0.25, 0.3) is 11.1 Å². The summed E-state index contributed by atoms with van der Waals surface area (Å²) in [6.07, 6.45) is -0.313. The Morgan fingerprint density at radius 1 is 0.952 bits per heavy atom. The first-order valence-corrected chi connectivity index (χ1v) is 6.28. The molecule has 0 saturated carbocycles. The third-order valence-corrected chi connectivity index (χ3v) is 3.01. The summed E-state index contributed by atoms with van der Waals surface area (Å²) in [6.45, 7) is 0. The topological polar surface area (TPSA) is 54.4 Å². The number of carboxylic acids is 1. The van der Waals surface area contributed by atoms with Gasteiger partial charge < -0.3 is 5.11 Å². The first-order chi connectivity index (χ1) is 9.97. The van der Waals surface area contributed by atoms with Crippen LogP contribution in [0.5, 0.6) is 0 Å². The lowest BCUT2D eigenvalue weighted by Gasteiger charge is -2.05. The molecule has 0 spiro atoms. The van der Waals surface area contributed by atoms with Gasteiger partial charge in [0.2, 0.25) is 0 Å². The number of benzene rings is 2. The summed E-state index contributed by atoms with van der Waals surface area (Å²) in [4.78, 5) is 22.1. The Labute approximate surface area is 119 Å². The molecule has 0 bridgehead atoms. The molecule has 21 heavy (non-hydrogen) atoms. The molecule has 0 saturated heterocycles. The predicted molar refractivity (Wildman–Crippen MR) is 73.0 cm³/mol. The fourth-order valence-corrected chi connectivity index (χ4v) is 1.92. The molecule has 0 radical (unpaired) electrons. The Morgan fingerprint density at radius 3 is 2.19 bits per heavy atom.